The van der Waals surface area contributed by atoms with Crippen LogP contribution >= 0.6 is 47.0 Å². The summed E-state index contributed by atoms with van der Waals surface area (Å²) in [6.45, 7) is 15.4. The monoisotopic (exact) mass is 544 g/mol. The molecule has 6 aliphatic rings. The Labute approximate surface area is 227 Å². The summed E-state index contributed by atoms with van der Waals surface area (Å²) in [6.07, 6.45) is 15.3. The van der Waals surface area contributed by atoms with Crippen LogP contribution in [-0.4, -0.2) is 69.4 Å². The summed E-state index contributed by atoms with van der Waals surface area (Å²) < 4.78 is 10.5. The second kappa shape index (κ2) is 16.6. The van der Waals surface area contributed by atoms with Crippen molar-refractivity contribution in [1.29, 1.82) is 0 Å². The fourth-order valence-electron chi connectivity index (χ4n) is 4.48. The van der Waals surface area contributed by atoms with Crippen molar-refractivity contribution in [3.05, 3.63) is 25.3 Å². The molecule has 6 fully saturated rings. The van der Waals surface area contributed by atoms with Crippen molar-refractivity contribution in [2.45, 2.75) is 96.7 Å². The molecule has 2 nitrogen and oxygen atoms in total. The Hall–Kier alpha value is 0.800. The van der Waals surface area contributed by atoms with E-state index in [0.29, 0.717) is 6.61 Å². The van der Waals surface area contributed by atoms with Crippen LogP contribution in [0.3, 0.4) is 0 Å². The van der Waals surface area contributed by atoms with Gasteiger partial charge < -0.3 is 9.47 Å². The quantitative estimate of drug-likeness (QED) is 0.157. The summed E-state index contributed by atoms with van der Waals surface area (Å²) in [4.78, 5) is 0. The number of ether oxygens (including phenoxy) is 2. The summed E-state index contributed by atoms with van der Waals surface area (Å²) in [5, 5.41) is 5.94. The number of hydrogen-bond acceptors (Lipinski definition) is 6. The molecule has 2 aliphatic carbocycles. The predicted molar refractivity (Wildman–Crippen MR) is 160 cm³/mol. The highest BCUT2D eigenvalue weighted by Crippen LogP contribution is 2.53. The topological polar surface area (TPSA) is 18.5 Å². The lowest BCUT2D eigenvalue weighted by Gasteiger charge is -2.17. The van der Waals surface area contributed by atoms with Gasteiger partial charge in [-0.3, -0.25) is 0 Å². The van der Waals surface area contributed by atoms with Gasteiger partial charge in [-0.2, -0.15) is 47.0 Å². The van der Waals surface area contributed by atoms with Gasteiger partial charge in [0.2, 0.25) is 0 Å². The van der Waals surface area contributed by atoms with E-state index in [4.69, 9.17) is 9.47 Å². The van der Waals surface area contributed by atoms with E-state index in [0.717, 1.165) is 69.6 Å². The highest BCUT2D eigenvalue weighted by atomic mass is 32.2. The molecule has 4 aliphatic heterocycles. The molecule has 8 atom stereocenters. The Bertz CT molecular complexity index is 581. The maximum Gasteiger partial charge on any atom is 0.0645 e. The molecule has 0 bridgehead atoms. The average molecular weight is 545 g/mol. The van der Waals surface area contributed by atoms with Crippen molar-refractivity contribution in [3.63, 3.8) is 0 Å². The van der Waals surface area contributed by atoms with E-state index in [2.05, 4.69) is 56.6 Å². The van der Waals surface area contributed by atoms with Crippen LogP contribution in [0.15, 0.2) is 25.3 Å². The van der Waals surface area contributed by atoms with Crippen molar-refractivity contribution < 1.29 is 9.47 Å². The molecule has 4 heterocycles. The Balaban J connectivity index is 0.000000127. The van der Waals surface area contributed by atoms with Crippen molar-refractivity contribution in [2.24, 2.45) is 11.8 Å². The van der Waals surface area contributed by atoms with E-state index in [-0.39, 0.29) is 0 Å². The molecule has 34 heavy (non-hydrogen) atoms. The van der Waals surface area contributed by atoms with Crippen molar-refractivity contribution in [1.82, 2.24) is 0 Å². The van der Waals surface area contributed by atoms with Gasteiger partial charge in [0.15, 0.2) is 0 Å². The summed E-state index contributed by atoms with van der Waals surface area (Å²) in [7, 11) is 0. The molecular weight excluding hydrogens is 497 g/mol. The SMILES string of the molecule is C=CC1CCC2SC2C1.C=CCOCC1CS1.CCC1CCC2SC2C1.CCCOCC1CS1. The molecule has 196 valence electrons. The molecule has 0 radical (unpaired) electrons. The van der Waals surface area contributed by atoms with Crippen LogP contribution < -0.4 is 0 Å². The van der Waals surface area contributed by atoms with Crippen molar-refractivity contribution in [2.75, 3.05) is 37.9 Å². The molecule has 0 amide bonds. The summed E-state index contributed by atoms with van der Waals surface area (Å²) >= 11 is 8.34. The van der Waals surface area contributed by atoms with E-state index >= 15 is 0 Å². The summed E-state index contributed by atoms with van der Waals surface area (Å²) in [5.74, 6) is 4.54. The highest BCUT2D eigenvalue weighted by molar-refractivity contribution is 8.08. The number of rotatable bonds is 10. The first-order valence-corrected chi connectivity index (χ1v) is 17.6. The number of fused-ring (bicyclic) bond motifs is 2. The molecule has 2 saturated carbocycles. The predicted octanol–water partition coefficient (Wildman–Crippen LogP) is 7.97. The van der Waals surface area contributed by atoms with Crippen LogP contribution in [0.4, 0.5) is 0 Å². The minimum absolute atomic E-state index is 0.705. The summed E-state index contributed by atoms with van der Waals surface area (Å²) in [6, 6.07) is 0. The van der Waals surface area contributed by atoms with Gasteiger partial charge in [0.05, 0.1) is 19.8 Å². The van der Waals surface area contributed by atoms with E-state index in [1.165, 1.54) is 56.5 Å². The van der Waals surface area contributed by atoms with E-state index < -0.39 is 0 Å². The highest BCUT2D eigenvalue weighted by Gasteiger charge is 2.43. The van der Waals surface area contributed by atoms with Gasteiger partial charge in [-0.15, -0.1) is 13.2 Å². The minimum atomic E-state index is 0.705. The zero-order valence-corrected chi connectivity index (χ0v) is 24.8. The lowest BCUT2D eigenvalue weighted by molar-refractivity contribution is 0.142. The van der Waals surface area contributed by atoms with Gasteiger partial charge in [0.1, 0.15) is 0 Å². The van der Waals surface area contributed by atoms with E-state index in [1.807, 2.05) is 23.5 Å². The van der Waals surface area contributed by atoms with Crippen LogP contribution in [0.5, 0.6) is 0 Å². The number of allylic oxidation sites excluding steroid dienone is 1. The molecule has 4 saturated heterocycles. The third-order valence-corrected chi connectivity index (χ3v) is 11.9. The van der Waals surface area contributed by atoms with Crippen molar-refractivity contribution >= 4 is 47.0 Å². The van der Waals surface area contributed by atoms with Crippen LogP contribution in [0.2, 0.25) is 0 Å². The first-order chi connectivity index (χ1) is 16.7. The lowest BCUT2D eigenvalue weighted by atomic mass is 9.88. The lowest BCUT2D eigenvalue weighted by Crippen LogP contribution is -2.11. The Kier molecular flexibility index (Phi) is 14.3. The largest absolute Gasteiger partial charge is 0.380 e. The van der Waals surface area contributed by atoms with E-state index in [9.17, 15) is 0 Å². The smallest absolute Gasteiger partial charge is 0.0645 e. The average Bonchev–Trinajstić information content (AvgIpc) is 3.71. The normalized spacial score (nSPS) is 37.5. The maximum atomic E-state index is 5.29. The Morgan fingerprint density at radius 3 is 1.91 bits per heavy atom. The Morgan fingerprint density at radius 2 is 1.41 bits per heavy atom. The van der Waals surface area contributed by atoms with Gasteiger partial charge in [0.25, 0.3) is 0 Å². The molecule has 0 spiro atoms. The van der Waals surface area contributed by atoms with Gasteiger partial charge >= 0.3 is 0 Å². The van der Waals surface area contributed by atoms with Crippen molar-refractivity contribution in [3.8, 4) is 0 Å². The molecule has 0 N–H and O–H groups in total. The molecule has 6 heteroatoms. The van der Waals surface area contributed by atoms with Gasteiger partial charge in [-0.1, -0.05) is 32.4 Å². The third-order valence-electron chi connectivity index (χ3n) is 7.06. The Morgan fingerprint density at radius 1 is 0.794 bits per heavy atom. The first kappa shape index (κ1) is 29.4. The first-order valence-electron chi connectivity index (χ1n) is 13.6. The molecule has 0 aromatic rings. The molecule has 0 aromatic carbocycles. The maximum absolute atomic E-state index is 5.29. The summed E-state index contributed by atoms with van der Waals surface area (Å²) in [5.41, 5.74) is 0. The van der Waals surface area contributed by atoms with Crippen LogP contribution in [-0.2, 0) is 9.47 Å². The van der Waals surface area contributed by atoms with Crippen LogP contribution in [0.25, 0.3) is 0 Å². The number of hydrogen-bond donors (Lipinski definition) is 0. The number of thioether (sulfide) groups is 4. The third kappa shape index (κ3) is 12.9. The fourth-order valence-corrected chi connectivity index (χ4v) is 7.82. The molecule has 8 unspecified atom stereocenters. The van der Waals surface area contributed by atoms with Gasteiger partial charge in [0, 0.05) is 49.6 Å². The van der Waals surface area contributed by atoms with Crippen LogP contribution in [0.1, 0.15) is 65.2 Å². The molecular formula is C28H48O2S4. The second-order valence-electron chi connectivity index (χ2n) is 10.1. The molecule has 6 rings (SSSR count). The van der Waals surface area contributed by atoms with Gasteiger partial charge in [-0.05, 0) is 56.8 Å². The molecule has 0 aromatic heterocycles. The standard InChI is InChI=1S/C8H14S.C8H12S.C6H12OS.C6H10OS/c2*1-2-6-3-4-7-8(5-6)9-7;2*1-2-3-7-4-6-5-8-6/h6-8H,2-5H2,1H3;2,6-8H,1,3-5H2;6H,2-5H2,1H3;2,6H,1,3-5H2. The van der Waals surface area contributed by atoms with Gasteiger partial charge in [-0.25, -0.2) is 0 Å². The zero-order valence-electron chi connectivity index (χ0n) is 21.5. The second-order valence-corrected chi connectivity index (χ2v) is 15.8. The van der Waals surface area contributed by atoms with Crippen LogP contribution in [0, 0.1) is 11.8 Å². The van der Waals surface area contributed by atoms with E-state index in [1.54, 1.807) is 6.08 Å². The minimum Gasteiger partial charge on any atom is -0.380 e. The zero-order chi connectivity index (χ0) is 24.2. The fraction of sp³-hybridized carbons (Fsp3) is 0.857.